The van der Waals surface area contributed by atoms with E-state index in [2.05, 4.69) is 11.9 Å². The molecule has 0 heterocycles. The number of hydrogen-bond donors (Lipinski definition) is 3. The minimum atomic E-state index is -0.233. The lowest BCUT2D eigenvalue weighted by Crippen LogP contribution is -2.26. The van der Waals surface area contributed by atoms with Crippen LogP contribution in [0.25, 0.3) is 0 Å². The SMILES string of the molecule is CCCCCCCCCCCCCCC(CCN=C(N)N)C(N)=O. The van der Waals surface area contributed by atoms with Crippen LogP contribution in [-0.2, 0) is 4.79 Å². The maximum atomic E-state index is 11.4. The number of unbranched alkanes of at least 4 members (excludes halogenated alkanes) is 11. The van der Waals surface area contributed by atoms with Gasteiger partial charge in [0, 0.05) is 12.5 Å². The van der Waals surface area contributed by atoms with Crippen LogP contribution >= 0.6 is 0 Å². The van der Waals surface area contributed by atoms with Gasteiger partial charge in [-0.2, -0.15) is 0 Å². The fraction of sp³-hybridized carbons (Fsp3) is 0.895. The third-order valence-corrected chi connectivity index (χ3v) is 4.58. The highest BCUT2D eigenvalue weighted by Crippen LogP contribution is 2.16. The molecule has 1 unspecified atom stereocenters. The lowest BCUT2D eigenvalue weighted by molar-refractivity contribution is -0.122. The Kier molecular flexibility index (Phi) is 15.7. The molecule has 5 heteroatoms. The molecule has 0 aromatic rings. The Labute approximate surface area is 148 Å². The Morgan fingerprint density at radius 3 is 1.62 bits per heavy atom. The third kappa shape index (κ3) is 15.6. The highest BCUT2D eigenvalue weighted by atomic mass is 16.1. The minimum absolute atomic E-state index is 0.0728. The number of hydrogen-bond acceptors (Lipinski definition) is 2. The number of nitrogens with zero attached hydrogens (tertiary/aromatic N) is 1. The summed E-state index contributed by atoms with van der Waals surface area (Å²) in [7, 11) is 0. The highest BCUT2D eigenvalue weighted by molar-refractivity contribution is 5.77. The molecule has 0 spiro atoms. The van der Waals surface area contributed by atoms with Crippen molar-refractivity contribution in [1.29, 1.82) is 0 Å². The average molecular weight is 341 g/mol. The number of carbonyl (C=O) groups excluding carboxylic acids is 1. The lowest BCUT2D eigenvalue weighted by atomic mass is 9.96. The molecular formula is C19H40N4O. The largest absolute Gasteiger partial charge is 0.370 e. The van der Waals surface area contributed by atoms with Crippen LogP contribution in [-0.4, -0.2) is 18.4 Å². The Bertz CT molecular complexity index is 327. The predicted octanol–water partition coefficient (Wildman–Crippen LogP) is 3.84. The van der Waals surface area contributed by atoms with Crippen LogP contribution < -0.4 is 17.2 Å². The molecule has 0 saturated carbocycles. The van der Waals surface area contributed by atoms with Gasteiger partial charge in [-0.3, -0.25) is 9.79 Å². The van der Waals surface area contributed by atoms with E-state index in [0.717, 1.165) is 12.8 Å². The van der Waals surface area contributed by atoms with E-state index in [0.29, 0.717) is 13.0 Å². The number of rotatable bonds is 17. The van der Waals surface area contributed by atoms with Crippen LogP contribution in [0.4, 0.5) is 0 Å². The molecule has 1 atom stereocenters. The molecule has 0 aliphatic heterocycles. The lowest BCUT2D eigenvalue weighted by Gasteiger charge is -2.11. The van der Waals surface area contributed by atoms with Crippen molar-refractivity contribution >= 4 is 11.9 Å². The van der Waals surface area contributed by atoms with Gasteiger partial charge in [0.05, 0.1) is 0 Å². The molecule has 0 fully saturated rings. The normalized spacial score (nSPS) is 12.0. The summed E-state index contributed by atoms with van der Waals surface area (Å²) in [5, 5.41) is 0. The van der Waals surface area contributed by atoms with Gasteiger partial charge in [0.15, 0.2) is 5.96 Å². The predicted molar refractivity (Wildman–Crippen MR) is 104 cm³/mol. The van der Waals surface area contributed by atoms with Crippen molar-refractivity contribution in [1.82, 2.24) is 0 Å². The van der Waals surface area contributed by atoms with Gasteiger partial charge in [-0.1, -0.05) is 84.0 Å². The van der Waals surface area contributed by atoms with E-state index in [-0.39, 0.29) is 17.8 Å². The van der Waals surface area contributed by atoms with E-state index in [1.54, 1.807) is 0 Å². The standard InChI is InChI=1S/C19H40N4O/c1-2-3-4-5-6-7-8-9-10-11-12-13-14-17(18(20)24)15-16-23-19(21)22/h17H,2-16H2,1H3,(H2,20,24)(H4,21,22,23). The second-order valence-electron chi connectivity index (χ2n) is 6.87. The average Bonchev–Trinajstić information content (AvgIpc) is 2.53. The van der Waals surface area contributed by atoms with Crippen molar-refractivity contribution in [3.05, 3.63) is 0 Å². The number of primary amides is 1. The summed E-state index contributed by atoms with van der Waals surface area (Å²) < 4.78 is 0. The molecule has 1 amide bonds. The molecule has 0 aromatic heterocycles. The Morgan fingerprint density at radius 2 is 1.21 bits per heavy atom. The fourth-order valence-electron chi connectivity index (χ4n) is 3.01. The van der Waals surface area contributed by atoms with Gasteiger partial charge in [-0.15, -0.1) is 0 Å². The summed E-state index contributed by atoms with van der Waals surface area (Å²) >= 11 is 0. The van der Waals surface area contributed by atoms with Gasteiger partial charge in [-0.25, -0.2) is 0 Å². The second kappa shape index (κ2) is 16.6. The zero-order valence-electron chi connectivity index (χ0n) is 15.8. The molecular weight excluding hydrogens is 300 g/mol. The fourth-order valence-corrected chi connectivity index (χ4v) is 3.01. The van der Waals surface area contributed by atoms with E-state index in [4.69, 9.17) is 17.2 Å². The first-order valence-electron chi connectivity index (χ1n) is 9.92. The first-order valence-corrected chi connectivity index (χ1v) is 9.92. The zero-order chi connectivity index (χ0) is 18.0. The maximum absolute atomic E-state index is 11.4. The third-order valence-electron chi connectivity index (χ3n) is 4.58. The van der Waals surface area contributed by atoms with E-state index in [1.807, 2.05) is 0 Å². The van der Waals surface area contributed by atoms with Gasteiger partial charge < -0.3 is 17.2 Å². The molecule has 0 rings (SSSR count). The smallest absolute Gasteiger partial charge is 0.220 e. The van der Waals surface area contributed by atoms with Crippen molar-refractivity contribution in [2.75, 3.05) is 6.54 Å². The highest BCUT2D eigenvalue weighted by Gasteiger charge is 2.14. The molecule has 142 valence electrons. The summed E-state index contributed by atoms with van der Waals surface area (Å²) in [5.41, 5.74) is 16.0. The summed E-state index contributed by atoms with van der Waals surface area (Å²) in [4.78, 5) is 15.3. The Balaban J connectivity index is 3.45. The molecule has 24 heavy (non-hydrogen) atoms. The topological polar surface area (TPSA) is 107 Å². The molecule has 0 radical (unpaired) electrons. The van der Waals surface area contributed by atoms with Crippen LogP contribution in [0.3, 0.4) is 0 Å². The van der Waals surface area contributed by atoms with Crippen LogP contribution in [0.5, 0.6) is 0 Å². The van der Waals surface area contributed by atoms with Gasteiger partial charge in [0.1, 0.15) is 0 Å². The van der Waals surface area contributed by atoms with Gasteiger partial charge in [-0.05, 0) is 12.8 Å². The van der Waals surface area contributed by atoms with Crippen molar-refractivity contribution in [3.63, 3.8) is 0 Å². The number of aliphatic imine (C=N–C) groups is 1. The molecule has 0 aliphatic rings. The van der Waals surface area contributed by atoms with E-state index in [9.17, 15) is 4.79 Å². The quantitative estimate of drug-likeness (QED) is 0.213. The van der Waals surface area contributed by atoms with E-state index < -0.39 is 0 Å². The van der Waals surface area contributed by atoms with Crippen molar-refractivity contribution in [3.8, 4) is 0 Å². The number of amides is 1. The second-order valence-corrected chi connectivity index (χ2v) is 6.87. The summed E-state index contributed by atoms with van der Waals surface area (Å²) in [5.74, 6) is -0.260. The van der Waals surface area contributed by atoms with Crippen LogP contribution in [0.1, 0.15) is 96.8 Å². The molecule has 5 nitrogen and oxygen atoms in total. The molecule has 0 bridgehead atoms. The molecule has 6 N–H and O–H groups in total. The molecule has 0 aromatic carbocycles. The van der Waals surface area contributed by atoms with E-state index in [1.165, 1.54) is 70.6 Å². The maximum Gasteiger partial charge on any atom is 0.220 e. The summed E-state index contributed by atoms with van der Waals surface area (Å²) in [6.45, 7) is 2.74. The number of guanidine groups is 1. The minimum Gasteiger partial charge on any atom is -0.370 e. The zero-order valence-corrected chi connectivity index (χ0v) is 15.8. The first-order chi connectivity index (χ1) is 11.6. The van der Waals surface area contributed by atoms with E-state index >= 15 is 0 Å². The van der Waals surface area contributed by atoms with Crippen molar-refractivity contribution in [2.45, 2.75) is 96.8 Å². The Morgan fingerprint density at radius 1 is 0.750 bits per heavy atom. The van der Waals surface area contributed by atoms with Crippen LogP contribution in [0.2, 0.25) is 0 Å². The van der Waals surface area contributed by atoms with Crippen LogP contribution in [0, 0.1) is 5.92 Å². The van der Waals surface area contributed by atoms with Gasteiger partial charge in [0.25, 0.3) is 0 Å². The van der Waals surface area contributed by atoms with Crippen molar-refractivity contribution in [2.24, 2.45) is 28.1 Å². The monoisotopic (exact) mass is 340 g/mol. The summed E-state index contributed by atoms with van der Waals surface area (Å²) in [6, 6.07) is 0. The van der Waals surface area contributed by atoms with Crippen molar-refractivity contribution < 1.29 is 4.79 Å². The number of carbonyl (C=O) groups is 1. The Hall–Kier alpha value is -1.26. The first kappa shape index (κ1) is 22.7. The van der Waals surface area contributed by atoms with Gasteiger partial charge >= 0.3 is 0 Å². The summed E-state index contributed by atoms with van der Waals surface area (Å²) in [6.07, 6.45) is 17.3. The molecule has 0 aliphatic carbocycles. The van der Waals surface area contributed by atoms with Crippen LogP contribution in [0.15, 0.2) is 4.99 Å². The number of nitrogens with two attached hydrogens (primary N) is 3. The van der Waals surface area contributed by atoms with Gasteiger partial charge in [0.2, 0.25) is 5.91 Å². The molecule has 0 saturated heterocycles.